The molecule has 2 N–H and O–H groups in total. The van der Waals surface area contributed by atoms with Gasteiger partial charge < -0.3 is 10.6 Å². The van der Waals surface area contributed by atoms with Crippen molar-refractivity contribution >= 4 is 5.69 Å². The quantitative estimate of drug-likeness (QED) is 0.721. The van der Waals surface area contributed by atoms with E-state index >= 15 is 0 Å². The lowest BCUT2D eigenvalue weighted by molar-refractivity contribution is 0.813. The van der Waals surface area contributed by atoms with Crippen LogP contribution in [0.2, 0.25) is 0 Å². The third-order valence-electron chi connectivity index (χ3n) is 1.91. The maximum Gasteiger partial charge on any atom is 0.0409 e. The first-order valence-electron chi connectivity index (χ1n) is 4.14. The Kier molecular flexibility index (Phi) is 2.71. The van der Waals surface area contributed by atoms with Gasteiger partial charge in [0.05, 0.1) is 0 Å². The molecule has 1 aromatic carbocycles. The number of nitrogens with two attached hydrogens (primary N) is 1. The highest BCUT2D eigenvalue weighted by atomic mass is 15.1. The van der Waals surface area contributed by atoms with Crippen LogP contribution in [0, 0.1) is 0 Å². The molecule has 1 atom stereocenters. The van der Waals surface area contributed by atoms with E-state index in [0.29, 0.717) is 0 Å². The summed E-state index contributed by atoms with van der Waals surface area (Å²) in [6.07, 6.45) is 0. The van der Waals surface area contributed by atoms with Gasteiger partial charge in [-0.3, -0.25) is 0 Å². The zero-order valence-electron chi connectivity index (χ0n) is 7.91. The normalized spacial score (nSPS) is 12.7. The molecule has 0 aliphatic rings. The van der Waals surface area contributed by atoms with Gasteiger partial charge in [-0.2, -0.15) is 0 Å². The fourth-order valence-electron chi connectivity index (χ4n) is 1.28. The zero-order valence-corrected chi connectivity index (χ0v) is 7.91. The van der Waals surface area contributed by atoms with Crippen molar-refractivity contribution in [3.63, 3.8) is 0 Å². The average Bonchev–Trinajstić information content (AvgIpc) is 2.04. The molecule has 0 amide bonds. The first-order chi connectivity index (χ1) is 5.63. The topological polar surface area (TPSA) is 29.3 Å². The highest BCUT2D eigenvalue weighted by Gasteiger charge is 2.06. The van der Waals surface area contributed by atoms with Crippen LogP contribution in [-0.4, -0.2) is 14.1 Å². The Labute approximate surface area is 74.0 Å². The molecule has 2 nitrogen and oxygen atoms in total. The highest BCUT2D eigenvalue weighted by Crippen LogP contribution is 2.22. The largest absolute Gasteiger partial charge is 0.377 e. The SMILES string of the molecule is C[C@@H](N)c1ccccc1N(C)C. The van der Waals surface area contributed by atoms with Crippen LogP contribution in [0.5, 0.6) is 0 Å². The molecule has 1 rings (SSSR count). The summed E-state index contributed by atoms with van der Waals surface area (Å²) in [5.41, 5.74) is 8.22. The highest BCUT2D eigenvalue weighted by molar-refractivity contribution is 5.53. The molecule has 0 aromatic heterocycles. The molecule has 2 heteroatoms. The van der Waals surface area contributed by atoms with E-state index < -0.39 is 0 Å². The minimum Gasteiger partial charge on any atom is -0.377 e. The van der Waals surface area contributed by atoms with Crippen molar-refractivity contribution in [3.05, 3.63) is 29.8 Å². The van der Waals surface area contributed by atoms with Crippen LogP contribution in [0.1, 0.15) is 18.5 Å². The van der Waals surface area contributed by atoms with Crippen LogP contribution in [0.3, 0.4) is 0 Å². The van der Waals surface area contributed by atoms with Gasteiger partial charge in [-0.05, 0) is 18.6 Å². The van der Waals surface area contributed by atoms with Crippen molar-refractivity contribution in [3.8, 4) is 0 Å². The number of anilines is 1. The molecular weight excluding hydrogens is 148 g/mol. The fourth-order valence-corrected chi connectivity index (χ4v) is 1.28. The van der Waals surface area contributed by atoms with Gasteiger partial charge in [-0.1, -0.05) is 18.2 Å². The van der Waals surface area contributed by atoms with E-state index in [0.717, 1.165) is 0 Å². The maximum absolute atomic E-state index is 5.83. The molecule has 0 heterocycles. The summed E-state index contributed by atoms with van der Waals surface area (Å²) >= 11 is 0. The van der Waals surface area contributed by atoms with E-state index in [4.69, 9.17) is 5.73 Å². The van der Waals surface area contributed by atoms with Crippen LogP contribution >= 0.6 is 0 Å². The summed E-state index contributed by atoms with van der Waals surface area (Å²) < 4.78 is 0. The first-order valence-corrected chi connectivity index (χ1v) is 4.14. The van der Waals surface area contributed by atoms with Crippen LogP contribution in [0.4, 0.5) is 5.69 Å². The van der Waals surface area contributed by atoms with E-state index in [1.165, 1.54) is 11.3 Å². The molecule has 0 aliphatic carbocycles. The molecule has 66 valence electrons. The van der Waals surface area contributed by atoms with Crippen LogP contribution in [0.15, 0.2) is 24.3 Å². The number of rotatable bonds is 2. The van der Waals surface area contributed by atoms with E-state index in [-0.39, 0.29) is 6.04 Å². The Morgan fingerprint density at radius 3 is 2.25 bits per heavy atom. The molecule has 0 bridgehead atoms. The lowest BCUT2D eigenvalue weighted by Gasteiger charge is -2.19. The lowest BCUT2D eigenvalue weighted by Crippen LogP contribution is -2.15. The summed E-state index contributed by atoms with van der Waals surface area (Å²) in [6, 6.07) is 8.30. The average molecular weight is 164 g/mol. The Hall–Kier alpha value is -1.02. The number of hydrogen-bond acceptors (Lipinski definition) is 2. The Morgan fingerprint density at radius 1 is 1.25 bits per heavy atom. The van der Waals surface area contributed by atoms with E-state index in [9.17, 15) is 0 Å². The summed E-state index contributed by atoms with van der Waals surface area (Å²) in [6.45, 7) is 2.00. The van der Waals surface area contributed by atoms with Crippen LogP contribution < -0.4 is 10.6 Å². The van der Waals surface area contributed by atoms with E-state index in [2.05, 4.69) is 17.0 Å². The Morgan fingerprint density at radius 2 is 1.83 bits per heavy atom. The molecule has 0 fully saturated rings. The first kappa shape index (κ1) is 9.07. The second-order valence-electron chi connectivity index (χ2n) is 3.24. The summed E-state index contributed by atoms with van der Waals surface area (Å²) in [5.74, 6) is 0. The van der Waals surface area contributed by atoms with E-state index in [1.807, 2.05) is 33.2 Å². The number of benzene rings is 1. The second-order valence-corrected chi connectivity index (χ2v) is 3.24. The molecule has 0 aliphatic heterocycles. The summed E-state index contributed by atoms with van der Waals surface area (Å²) in [5, 5.41) is 0. The summed E-state index contributed by atoms with van der Waals surface area (Å²) in [7, 11) is 4.06. The van der Waals surface area contributed by atoms with Crippen molar-refractivity contribution in [1.29, 1.82) is 0 Å². The van der Waals surface area contributed by atoms with Crippen LogP contribution in [-0.2, 0) is 0 Å². The van der Waals surface area contributed by atoms with E-state index in [1.54, 1.807) is 0 Å². The minimum absolute atomic E-state index is 0.101. The van der Waals surface area contributed by atoms with Crippen LogP contribution in [0.25, 0.3) is 0 Å². The lowest BCUT2D eigenvalue weighted by atomic mass is 10.1. The standard InChI is InChI=1S/C10H16N2/c1-8(11)9-6-4-5-7-10(9)12(2)3/h4-8H,11H2,1-3H3/t8-/m1/s1. The molecule has 0 spiro atoms. The number of nitrogens with zero attached hydrogens (tertiary/aromatic N) is 1. The minimum atomic E-state index is 0.101. The molecule has 0 radical (unpaired) electrons. The fraction of sp³-hybridized carbons (Fsp3) is 0.400. The maximum atomic E-state index is 5.83. The molecule has 0 unspecified atom stereocenters. The molecular formula is C10H16N2. The van der Waals surface area contributed by atoms with Crippen molar-refractivity contribution in [2.45, 2.75) is 13.0 Å². The predicted octanol–water partition coefficient (Wildman–Crippen LogP) is 1.77. The van der Waals surface area contributed by atoms with Gasteiger partial charge in [0.25, 0.3) is 0 Å². The summed E-state index contributed by atoms with van der Waals surface area (Å²) in [4.78, 5) is 2.08. The number of hydrogen-bond donors (Lipinski definition) is 1. The molecule has 0 saturated heterocycles. The smallest absolute Gasteiger partial charge is 0.0409 e. The Bertz CT molecular complexity index is 227. The van der Waals surface area contributed by atoms with Gasteiger partial charge in [0.15, 0.2) is 0 Å². The van der Waals surface area contributed by atoms with Crippen molar-refractivity contribution < 1.29 is 0 Å². The monoisotopic (exact) mass is 164 g/mol. The Balaban J connectivity index is 3.09. The molecule has 12 heavy (non-hydrogen) atoms. The number of para-hydroxylation sites is 1. The molecule has 0 saturated carbocycles. The van der Waals surface area contributed by atoms with Crippen molar-refractivity contribution in [1.82, 2.24) is 0 Å². The van der Waals surface area contributed by atoms with Gasteiger partial charge >= 0.3 is 0 Å². The van der Waals surface area contributed by atoms with Crippen molar-refractivity contribution in [2.24, 2.45) is 5.73 Å². The van der Waals surface area contributed by atoms with Gasteiger partial charge in [0.1, 0.15) is 0 Å². The third-order valence-corrected chi connectivity index (χ3v) is 1.91. The van der Waals surface area contributed by atoms with Crippen molar-refractivity contribution in [2.75, 3.05) is 19.0 Å². The van der Waals surface area contributed by atoms with Gasteiger partial charge in [-0.25, -0.2) is 0 Å². The van der Waals surface area contributed by atoms with Gasteiger partial charge in [0.2, 0.25) is 0 Å². The molecule has 1 aromatic rings. The second kappa shape index (κ2) is 3.59. The zero-order chi connectivity index (χ0) is 9.14. The third kappa shape index (κ3) is 1.77. The predicted molar refractivity (Wildman–Crippen MR) is 53.4 cm³/mol. The van der Waals surface area contributed by atoms with Gasteiger partial charge in [-0.15, -0.1) is 0 Å². The van der Waals surface area contributed by atoms with Gasteiger partial charge in [0, 0.05) is 25.8 Å².